The summed E-state index contributed by atoms with van der Waals surface area (Å²) in [4.78, 5) is 8.24. The van der Waals surface area contributed by atoms with Crippen LogP contribution in [0.15, 0.2) is 6.07 Å². The van der Waals surface area contributed by atoms with Gasteiger partial charge in [0.1, 0.15) is 16.8 Å². The first-order chi connectivity index (χ1) is 7.15. The van der Waals surface area contributed by atoms with E-state index in [0.29, 0.717) is 17.6 Å². The van der Waals surface area contributed by atoms with Crippen LogP contribution in [0.1, 0.15) is 19.2 Å². The Morgan fingerprint density at radius 3 is 2.80 bits per heavy atom. The Kier molecular flexibility index (Phi) is 4.78. The normalized spacial score (nSPS) is 12.5. The molecule has 0 saturated carbocycles. The Balaban J connectivity index is 2.69. The Hall–Kier alpha value is -0.870. The van der Waals surface area contributed by atoms with E-state index in [1.54, 1.807) is 13.2 Å². The third-order valence-corrected chi connectivity index (χ3v) is 2.21. The lowest BCUT2D eigenvalue weighted by atomic mass is 10.2. The van der Waals surface area contributed by atoms with Gasteiger partial charge in [0.15, 0.2) is 0 Å². The molecule has 1 unspecified atom stereocenters. The van der Waals surface area contributed by atoms with Gasteiger partial charge in [-0.2, -0.15) is 0 Å². The monoisotopic (exact) mass is 229 g/mol. The first kappa shape index (κ1) is 12.2. The van der Waals surface area contributed by atoms with Crippen LogP contribution in [-0.4, -0.2) is 29.7 Å². The third kappa shape index (κ3) is 4.01. The van der Waals surface area contributed by atoms with Crippen LogP contribution in [0.2, 0.25) is 5.15 Å². The Morgan fingerprint density at radius 2 is 2.27 bits per heavy atom. The van der Waals surface area contributed by atoms with Crippen molar-refractivity contribution in [3.8, 4) is 0 Å². The molecule has 0 saturated heterocycles. The van der Waals surface area contributed by atoms with Crippen molar-refractivity contribution < 1.29 is 4.74 Å². The minimum absolute atomic E-state index is 0.250. The number of methoxy groups -OCH3 is 1. The molecule has 1 heterocycles. The first-order valence-electron chi connectivity index (χ1n) is 4.92. The Bertz CT molecular complexity index is 299. The highest BCUT2D eigenvalue weighted by Gasteiger charge is 2.07. The van der Waals surface area contributed by atoms with Crippen LogP contribution in [-0.2, 0) is 4.74 Å². The van der Waals surface area contributed by atoms with E-state index >= 15 is 0 Å². The number of hydrogen-bond donors (Lipinski definition) is 1. The number of anilines is 1. The second-order valence-electron chi connectivity index (χ2n) is 3.33. The van der Waals surface area contributed by atoms with E-state index in [9.17, 15) is 0 Å². The number of hydrogen-bond acceptors (Lipinski definition) is 4. The molecule has 1 aromatic rings. The molecule has 1 aromatic heterocycles. The van der Waals surface area contributed by atoms with Crippen LogP contribution in [0.4, 0.5) is 5.82 Å². The molecule has 1 N–H and O–H groups in total. The minimum Gasteiger partial charge on any atom is -0.383 e. The van der Waals surface area contributed by atoms with Crippen molar-refractivity contribution in [1.29, 1.82) is 0 Å². The molecule has 4 nitrogen and oxygen atoms in total. The van der Waals surface area contributed by atoms with Gasteiger partial charge in [-0.15, -0.1) is 0 Å². The molecule has 0 aliphatic heterocycles. The average molecular weight is 230 g/mol. The molecule has 15 heavy (non-hydrogen) atoms. The van der Waals surface area contributed by atoms with Crippen molar-refractivity contribution in [3.63, 3.8) is 0 Å². The zero-order valence-electron chi connectivity index (χ0n) is 9.25. The lowest BCUT2D eigenvalue weighted by molar-refractivity contribution is 0.184. The standard InChI is InChI=1S/C10H16ClN3O/c1-4-8(6-15-3)14-10-5-9(11)12-7(2)13-10/h5,8H,4,6H2,1-3H3,(H,12,13,14). The summed E-state index contributed by atoms with van der Waals surface area (Å²) in [6.07, 6.45) is 0.967. The van der Waals surface area contributed by atoms with E-state index < -0.39 is 0 Å². The van der Waals surface area contributed by atoms with Gasteiger partial charge < -0.3 is 10.1 Å². The molecule has 0 aromatic carbocycles. The van der Waals surface area contributed by atoms with Gasteiger partial charge in [-0.1, -0.05) is 18.5 Å². The summed E-state index contributed by atoms with van der Waals surface area (Å²) in [5.41, 5.74) is 0. The fourth-order valence-electron chi connectivity index (χ4n) is 1.28. The zero-order chi connectivity index (χ0) is 11.3. The summed E-state index contributed by atoms with van der Waals surface area (Å²) >= 11 is 5.83. The maximum atomic E-state index is 5.83. The lowest BCUT2D eigenvalue weighted by Crippen LogP contribution is -2.24. The topological polar surface area (TPSA) is 47.0 Å². The second kappa shape index (κ2) is 5.88. The van der Waals surface area contributed by atoms with Crippen LogP contribution in [0.3, 0.4) is 0 Å². The largest absolute Gasteiger partial charge is 0.383 e. The predicted molar refractivity (Wildman–Crippen MR) is 61.4 cm³/mol. The van der Waals surface area contributed by atoms with Crippen LogP contribution in [0.5, 0.6) is 0 Å². The summed E-state index contributed by atoms with van der Waals surface area (Å²) < 4.78 is 5.09. The van der Waals surface area contributed by atoms with Crippen LogP contribution in [0, 0.1) is 6.92 Å². The van der Waals surface area contributed by atoms with Gasteiger partial charge in [-0.3, -0.25) is 0 Å². The van der Waals surface area contributed by atoms with E-state index in [-0.39, 0.29) is 6.04 Å². The van der Waals surface area contributed by atoms with Gasteiger partial charge in [-0.25, -0.2) is 9.97 Å². The molecule has 0 aliphatic carbocycles. The third-order valence-electron chi connectivity index (χ3n) is 2.02. The lowest BCUT2D eigenvalue weighted by Gasteiger charge is -2.16. The highest BCUT2D eigenvalue weighted by Crippen LogP contribution is 2.12. The smallest absolute Gasteiger partial charge is 0.134 e. The molecule has 0 radical (unpaired) electrons. The number of nitrogens with one attached hydrogen (secondary N) is 1. The first-order valence-corrected chi connectivity index (χ1v) is 5.30. The summed E-state index contributed by atoms with van der Waals surface area (Å²) in [5.74, 6) is 1.41. The van der Waals surface area contributed by atoms with Crippen LogP contribution in [0.25, 0.3) is 0 Å². The average Bonchev–Trinajstić information content (AvgIpc) is 2.15. The van der Waals surface area contributed by atoms with E-state index in [2.05, 4.69) is 22.2 Å². The van der Waals surface area contributed by atoms with Crippen molar-refractivity contribution in [2.24, 2.45) is 0 Å². The summed E-state index contributed by atoms with van der Waals surface area (Å²) in [6, 6.07) is 1.97. The van der Waals surface area contributed by atoms with Crippen molar-refractivity contribution in [2.75, 3.05) is 19.0 Å². The molecule has 5 heteroatoms. The fourth-order valence-corrected chi connectivity index (χ4v) is 1.50. The summed E-state index contributed by atoms with van der Waals surface area (Å²) in [7, 11) is 1.68. The van der Waals surface area contributed by atoms with E-state index in [1.165, 1.54) is 0 Å². The highest BCUT2D eigenvalue weighted by atomic mass is 35.5. The molecule has 1 rings (SSSR count). The molecule has 0 bridgehead atoms. The Morgan fingerprint density at radius 1 is 1.53 bits per heavy atom. The van der Waals surface area contributed by atoms with Crippen molar-refractivity contribution >= 4 is 17.4 Å². The second-order valence-corrected chi connectivity index (χ2v) is 3.72. The van der Waals surface area contributed by atoms with Crippen molar-refractivity contribution in [2.45, 2.75) is 26.3 Å². The van der Waals surface area contributed by atoms with Gasteiger partial charge >= 0.3 is 0 Å². The van der Waals surface area contributed by atoms with E-state index in [0.717, 1.165) is 12.2 Å². The number of ether oxygens (including phenoxy) is 1. The molecular formula is C10H16ClN3O. The Labute approximate surface area is 95.0 Å². The molecule has 84 valence electrons. The van der Waals surface area contributed by atoms with Gasteiger partial charge in [0.05, 0.1) is 12.6 Å². The summed E-state index contributed by atoms with van der Waals surface area (Å²) in [5, 5.41) is 3.71. The number of aromatic nitrogens is 2. The fraction of sp³-hybridized carbons (Fsp3) is 0.600. The number of aryl methyl sites for hydroxylation is 1. The van der Waals surface area contributed by atoms with E-state index in [4.69, 9.17) is 16.3 Å². The summed E-state index contributed by atoms with van der Waals surface area (Å²) in [6.45, 7) is 4.55. The van der Waals surface area contributed by atoms with Gasteiger partial charge in [0.2, 0.25) is 0 Å². The van der Waals surface area contributed by atoms with Crippen molar-refractivity contribution in [1.82, 2.24) is 9.97 Å². The number of halogens is 1. The van der Waals surface area contributed by atoms with E-state index in [1.807, 2.05) is 6.92 Å². The maximum absolute atomic E-state index is 5.83. The van der Waals surface area contributed by atoms with Crippen LogP contribution < -0.4 is 5.32 Å². The molecule has 0 spiro atoms. The molecule has 0 aliphatic rings. The minimum atomic E-state index is 0.250. The molecule has 1 atom stereocenters. The maximum Gasteiger partial charge on any atom is 0.134 e. The molecule has 0 amide bonds. The SMILES string of the molecule is CCC(COC)Nc1cc(Cl)nc(C)n1. The molecular weight excluding hydrogens is 214 g/mol. The zero-order valence-corrected chi connectivity index (χ0v) is 10.0. The van der Waals surface area contributed by atoms with Gasteiger partial charge in [0, 0.05) is 13.2 Å². The predicted octanol–water partition coefficient (Wildman–Crippen LogP) is 2.28. The number of nitrogens with zero attached hydrogens (tertiary/aromatic N) is 2. The molecule has 0 fully saturated rings. The van der Waals surface area contributed by atoms with Gasteiger partial charge in [0.25, 0.3) is 0 Å². The van der Waals surface area contributed by atoms with Crippen molar-refractivity contribution in [3.05, 3.63) is 17.0 Å². The van der Waals surface area contributed by atoms with Crippen LogP contribution >= 0.6 is 11.6 Å². The highest BCUT2D eigenvalue weighted by molar-refractivity contribution is 6.29. The number of rotatable bonds is 5. The van der Waals surface area contributed by atoms with Gasteiger partial charge in [-0.05, 0) is 13.3 Å². The quantitative estimate of drug-likeness (QED) is 0.787.